The molecular formula is C20H17N3O2. The molecule has 124 valence electrons. The number of benzene rings is 1. The molecule has 4 aliphatic carbocycles. The number of para-hydroxylation sites is 1. The number of fused-ring (bicyclic) bond motifs is 1. The van der Waals surface area contributed by atoms with E-state index in [0.29, 0.717) is 11.8 Å². The first-order valence-corrected chi connectivity index (χ1v) is 8.90. The van der Waals surface area contributed by atoms with Crippen molar-refractivity contribution in [2.24, 2.45) is 40.6 Å². The Balaban J connectivity index is 1.35. The zero-order valence-electron chi connectivity index (χ0n) is 13.5. The number of aromatic nitrogens is 1. The van der Waals surface area contributed by atoms with Crippen molar-refractivity contribution in [1.29, 1.82) is 0 Å². The van der Waals surface area contributed by atoms with Crippen LogP contribution in [0.25, 0.3) is 10.9 Å². The first kappa shape index (κ1) is 13.6. The van der Waals surface area contributed by atoms with E-state index in [-0.39, 0.29) is 35.5 Å². The minimum atomic E-state index is -0.189. The molecular weight excluding hydrogens is 314 g/mol. The van der Waals surface area contributed by atoms with E-state index in [1.165, 1.54) is 6.42 Å². The van der Waals surface area contributed by atoms with Gasteiger partial charge in [-0.05, 0) is 36.2 Å². The highest BCUT2D eigenvalue weighted by molar-refractivity contribution is 6.07. The number of carbonyl (C=O) groups excluding carboxylic acids is 2. The van der Waals surface area contributed by atoms with Gasteiger partial charge in [-0.1, -0.05) is 30.4 Å². The summed E-state index contributed by atoms with van der Waals surface area (Å²) in [6.07, 6.45) is 9.01. The summed E-state index contributed by atoms with van der Waals surface area (Å²) in [6.45, 7) is 0. The number of H-pyrrole nitrogens is 1. The molecule has 0 unspecified atom stereocenters. The smallest absolute Gasteiger partial charge is 0.254 e. The van der Waals surface area contributed by atoms with E-state index in [0.717, 1.165) is 21.5 Å². The first-order chi connectivity index (χ1) is 12.2. The molecule has 1 N–H and O–H groups in total. The van der Waals surface area contributed by atoms with Crippen molar-refractivity contribution in [3.63, 3.8) is 0 Å². The molecule has 5 heteroatoms. The number of carbonyl (C=O) groups is 2. The number of hydrogen-bond donors (Lipinski definition) is 1. The molecule has 7 rings (SSSR count). The Morgan fingerprint density at radius 2 is 1.72 bits per heavy atom. The van der Waals surface area contributed by atoms with Crippen LogP contribution in [0, 0.1) is 35.5 Å². The van der Waals surface area contributed by atoms with Gasteiger partial charge < -0.3 is 4.98 Å². The van der Waals surface area contributed by atoms with Gasteiger partial charge in [-0.25, -0.2) is 0 Å². The van der Waals surface area contributed by atoms with E-state index in [1.807, 2.05) is 30.5 Å². The molecule has 25 heavy (non-hydrogen) atoms. The predicted molar refractivity (Wildman–Crippen MR) is 92.4 cm³/mol. The molecule has 1 saturated heterocycles. The normalized spacial score (nSPS) is 38.0. The molecule has 1 aliphatic heterocycles. The van der Waals surface area contributed by atoms with Crippen LogP contribution in [0.3, 0.4) is 0 Å². The molecule has 1 aromatic heterocycles. The highest BCUT2D eigenvalue weighted by Crippen LogP contribution is 2.65. The number of hydrogen-bond acceptors (Lipinski definition) is 3. The van der Waals surface area contributed by atoms with Crippen LogP contribution >= 0.6 is 0 Å². The van der Waals surface area contributed by atoms with Crippen molar-refractivity contribution in [3.8, 4) is 0 Å². The Morgan fingerprint density at radius 3 is 2.44 bits per heavy atom. The van der Waals surface area contributed by atoms with Crippen LogP contribution in [-0.2, 0) is 9.59 Å². The van der Waals surface area contributed by atoms with Gasteiger partial charge in [0.2, 0.25) is 0 Å². The highest BCUT2D eigenvalue weighted by atomic mass is 16.2. The van der Waals surface area contributed by atoms with Crippen molar-refractivity contribution < 1.29 is 9.59 Å². The number of hydrazone groups is 1. The fraction of sp³-hybridized carbons (Fsp3) is 0.350. The van der Waals surface area contributed by atoms with Gasteiger partial charge >= 0.3 is 0 Å². The van der Waals surface area contributed by atoms with Crippen molar-refractivity contribution >= 4 is 28.9 Å². The summed E-state index contributed by atoms with van der Waals surface area (Å²) >= 11 is 0. The maximum Gasteiger partial charge on any atom is 0.254 e. The molecule has 0 spiro atoms. The summed E-state index contributed by atoms with van der Waals surface area (Å²) in [5, 5.41) is 6.47. The van der Waals surface area contributed by atoms with Crippen LogP contribution in [-0.4, -0.2) is 28.0 Å². The Hall–Kier alpha value is -2.69. The van der Waals surface area contributed by atoms with Crippen molar-refractivity contribution in [3.05, 3.63) is 48.2 Å². The zero-order valence-corrected chi connectivity index (χ0v) is 13.5. The first-order valence-electron chi connectivity index (χ1n) is 8.90. The topological polar surface area (TPSA) is 65.5 Å². The van der Waals surface area contributed by atoms with E-state index in [4.69, 9.17) is 0 Å². The van der Waals surface area contributed by atoms with Crippen LogP contribution in [0.4, 0.5) is 0 Å². The summed E-state index contributed by atoms with van der Waals surface area (Å²) in [5.41, 5.74) is 1.90. The lowest BCUT2D eigenvalue weighted by molar-refractivity contribution is -0.140. The third-order valence-electron chi connectivity index (χ3n) is 6.57. The molecule has 6 atom stereocenters. The Bertz CT molecular complexity index is 952. The van der Waals surface area contributed by atoms with Crippen LogP contribution < -0.4 is 0 Å². The van der Waals surface area contributed by atoms with Crippen molar-refractivity contribution in [1.82, 2.24) is 9.99 Å². The molecule has 1 aromatic carbocycles. The van der Waals surface area contributed by atoms with Crippen LogP contribution in [0.15, 0.2) is 47.7 Å². The molecule has 2 bridgehead atoms. The number of rotatable bonds is 2. The third-order valence-corrected chi connectivity index (χ3v) is 6.57. The molecule has 0 radical (unpaired) electrons. The van der Waals surface area contributed by atoms with E-state index in [2.05, 4.69) is 22.2 Å². The van der Waals surface area contributed by atoms with Crippen LogP contribution in [0.1, 0.15) is 12.0 Å². The van der Waals surface area contributed by atoms with Gasteiger partial charge in [0.25, 0.3) is 11.8 Å². The van der Waals surface area contributed by atoms with Gasteiger partial charge in [-0.15, -0.1) is 0 Å². The lowest BCUT2D eigenvalue weighted by atomic mass is 9.63. The largest absolute Gasteiger partial charge is 0.361 e. The monoisotopic (exact) mass is 331 g/mol. The summed E-state index contributed by atoms with van der Waals surface area (Å²) in [4.78, 5) is 28.9. The number of aromatic amines is 1. The number of nitrogens with zero attached hydrogens (tertiary/aromatic N) is 2. The van der Waals surface area contributed by atoms with Gasteiger partial charge in [-0.3, -0.25) is 9.59 Å². The van der Waals surface area contributed by atoms with Crippen molar-refractivity contribution in [2.45, 2.75) is 6.42 Å². The third kappa shape index (κ3) is 1.65. The fourth-order valence-electron chi connectivity index (χ4n) is 5.38. The molecule has 3 fully saturated rings. The minimum Gasteiger partial charge on any atom is -0.361 e. The van der Waals surface area contributed by atoms with E-state index < -0.39 is 0 Å². The molecule has 2 heterocycles. The Labute approximate surface area is 144 Å². The molecule has 5 nitrogen and oxygen atoms in total. The number of amides is 2. The Kier molecular flexibility index (Phi) is 2.43. The quantitative estimate of drug-likeness (QED) is 0.522. The second-order valence-corrected chi connectivity index (χ2v) is 7.68. The maximum atomic E-state index is 12.9. The summed E-state index contributed by atoms with van der Waals surface area (Å²) in [5.74, 6) is 1.11. The number of nitrogens with one attached hydrogen (secondary N) is 1. The lowest BCUT2D eigenvalue weighted by Gasteiger charge is -2.37. The number of allylic oxidation sites excluding steroid dienone is 2. The van der Waals surface area contributed by atoms with Gasteiger partial charge in [0.05, 0.1) is 18.1 Å². The summed E-state index contributed by atoms with van der Waals surface area (Å²) < 4.78 is 0. The second-order valence-electron chi connectivity index (χ2n) is 7.68. The van der Waals surface area contributed by atoms with E-state index in [1.54, 1.807) is 6.21 Å². The molecule has 2 saturated carbocycles. The molecule has 5 aliphatic rings. The van der Waals surface area contributed by atoms with E-state index in [9.17, 15) is 9.59 Å². The highest BCUT2D eigenvalue weighted by Gasteiger charge is 2.67. The summed E-state index contributed by atoms with van der Waals surface area (Å²) in [6, 6.07) is 7.91. The number of imide groups is 1. The molecule has 2 amide bonds. The molecule has 2 aromatic rings. The second kappa shape index (κ2) is 4.48. The SMILES string of the molecule is O=C1[C@@H]2[C@@H]3C=C[C@H]([C@@H]4C[C@H]34)[C@@H]2C(=O)N1/N=C\c1c[nH]c2ccccc12. The fourth-order valence-corrected chi connectivity index (χ4v) is 5.38. The van der Waals surface area contributed by atoms with Crippen molar-refractivity contribution in [2.75, 3.05) is 0 Å². The van der Waals surface area contributed by atoms with Gasteiger partial charge in [0.15, 0.2) is 0 Å². The standard InChI is InChI=1S/C20H17N3O2/c24-19-17-12-5-6-13(15-7-14(12)15)18(17)20(25)23(19)22-9-10-8-21-16-4-2-1-3-11(10)16/h1-6,8-9,12-15,17-18,21H,7H2/b22-9-/t12-,13-,14-,15+,17-,18+/m1/s1. The lowest BCUT2D eigenvalue weighted by Crippen LogP contribution is -2.40. The maximum absolute atomic E-state index is 12.9. The zero-order chi connectivity index (χ0) is 16.7. The van der Waals surface area contributed by atoms with Crippen LogP contribution in [0.5, 0.6) is 0 Å². The van der Waals surface area contributed by atoms with Crippen LogP contribution in [0.2, 0.25) is 0 Å². The average Bonchev–Trinajstić information content (AvgIpc) is 3.31. The van der Waals surface area contributed by atoms with Gasteiger partial charge in [-0.2, -0.15) is 10.1 Å². The minimum absolute atomic E-state index is 0.115. The average molecular weight is 331 g/mol. The van der Waals surface area contributed by atoms with Gasteiger partial charge in [0.1, 0.15) is 0 Å². The van der Waals surface area contributed by atoms with E-state index >= 15 is 0 Å². The predicted octanol–water partition coefficient (Wildman–Crippen LogP) is 2.55. The summed E-state index contributed by atoms with van der Waals surface area (Å²) in [7, 11) is 0. The van der Waals surface area contributed by atoms with Gasteiger partial charge in [0, 0.05) is 22.7 Å². The Morgan fingerprint density at radius 1 is 1.04 bits per heavy atom.